The largest absolute Gasteiger partial charge is 0.354 e. The molecular weight excluding hydrogens is 325 g/mol. The fourth-order valence-corrected chi connectivity index (χ4v) is 3.21. The molecule has 6 nitrogen and oxygen atoms in total. The van der Waals surface area contributed by atoms with Crippen molar-refractivity contribution in [2.75, 3.05) is 6.54 Å². The lowest BCUT2D eigenvalue weighted by Crippen LogP contribution is -2.48. The highest BCUT2D eigenvalue weighted by Gasteiger charge is 2.46. The van der Waals surface area contributed by atoms with E-state index in [1.54, 1.807) is 12.1 Å². The highest BCUT2D eigenvalue weighted by molar-refractivity contribution is 5.97. The van der Waals surface area contributed by atoms with E-state index >= 15 is 0 Å². The number of nitrogens with zero attached hydrogens (tertiary/aromatic N) is 1. The zero-order valence-electron chi connectivity index (χ0n) is 14.1. The van der Waals surface area contributed by atoms with E-state index in [9.17, 15) is 14.0 Å². The Morgan fingerprint density at radius 1 is 1.36 bits per heavy atom. The Labute approximate surface area is 144 Å². The van der Waals surface area contributed by atoms with Crippen molar-refractivity contribution in [3.05, 3.63) is 41.9 Å². The summed E-state index contributed by atoms with van der Waals surface area (Å²) in [5.74, 6) is -1.02. The third-order valence-corrected chi connectivity index (χ3v) is 5.05. The van der Waals surface area contributed by atoms with Gasteiger partial charge in [0.2, 0.25) is 11.7 Å². The zero-order chi connectivity index (χ0) is 18.0. The van der Waals surface area contributed by atoms with Crippen LogP contribution in [0, 0.1) is 11.2 Å². The molecule has 2 N–H and O–H groups in total. The number of carbonyl (C=O) groups excluding carboxylic acids is 2. The number of aromatic nitrogens is 1. The molecule has 0 saturated carbocycles. The smallest absolute Gasteiger partial charge is 0.290 e. The van der Waals surface area contributed by atoms with Crippen molar-refractivity contribution in [3.63, 3.8) is 0 Å². The summed E-state index contributed by atoms with van der Waals surface area (Å²) in [7, 11) is 0. The molecule has 2 aromatic rings. The molecule has 7 heteroatoms. The van der Waals surface area contributed by atoms with Gasteiger partial charge in [-0.3, -0.25) is 9.59 Å². The summed E-state index contributed by atoms with van der Waals surface area (Å²) in [6.45, 7) is 4.55. The monoisotopic (exact) mass is 345 g/mol. The van der Waals surface area contributed by atoms with E-state index in [0.29, 0.717) is 17.8 Å². The average molecular weight is 345 g/mol. The molecule has 1 fully saturated rings. The molecule has 1 unspecified atom stereocenters. The van der Waals surface area contributed by atoms with Crippen LogP contribution in [0.4, 0.5) is 4.39 Å². The van der Waals surface area contributed by atoms with Crippen LogP contribution in [-0.4, -0.2) is 29.6 Å². The summed E-state index contributed by atoms with van der Waals surface area (Å²) >= 11 is 0. The molecule has 0 radical (unpaired) electrons. The number of nitrogens with one attached hydrogen (secondary N) is 2. The van der Waals surface area contributed by atoms with E-state index in [4.69, 9.17) is 4.52 Å². The topological polar surface area (TPSA) is 84.2 Å². The van der Waals surface area contributed by atoms with Gasteiger partial charge in [-0.15, -0.1) is 0 Å². The average Bonchev–Trinajstić information content (AvgIpc) is 3.22. The number of halogens is 1. The summed E-state index contributed by atoms with van der Waals surface area (Å²) in [5.41, 5.74) is 0.768. The Hall–Kier alpha value is -2.70. The maximum Gasteiger partial charge on any atom is 0.290 e. The van der Waals surface area contributed by atoms with Crippen LogP contribution in [0.3, 0.4) is 0 Å². The van der Waals surface area contributed by atoms with Gasteiger partial charge in [0.15, 0.2) is 0 Å². The van der Waals surface area contributed by atoms with Gasteiger partial charge in [0.25, 0.3) is 5.91 Å². The van der Waals surface area contributed by atoms with Crippen molar-refractivity contribution < 1.29 is 18.5 Å². The predicted octanol–water partition coefficient (Wildman–Crippen LogP) is 2.52. The quantitative estimate of drug-likeness (QED) is 0.872. The van der Waals surface area contributed by atoms with Crippen LogP contribution in [0.25, 0.3) is 11.3 Å². The molecule has 1 atom stereocenters. The van der Waals surface area contributed by atoms with E-state index in [0.717, 1.165) is 12.8 Å². The predicted molar refractivity (Wildman–Crippen MR) is 89.2 cm³/mol. The summed E-state index contributed by atoms with van der Waals surface area (Å²) in [4.78, 5) is 24.6. The van der Waals surface area contributed by atoms with Crippen LogP contribution < -0.4 is 10.6 Å². The maximum atomic E-state index is 13.0. The van der Waals surface area contributed by atoms with E-state index in [1.165, 1.54) is 18.2 Å². The first-order valence-corrected chi connectivity index (χ1v) is 8.30. The maximum absolute atomic E-state index is 13.0. The minimum Gasteiger partial charge on any atom is -0.354 e. The van der Waals surface area contributed by atoms with Gasteiger partial charge in [0.05, 0.1) is 0 Å². The fraction of sp³-hybridized carbons (Fsp3) is 0.389. The first-order chi connectivity index (χ1) is 12.0. The van der Waals surface area contributed by atoms with Gasteiger partial charge < -0.3 is 15.2 Å². The van der Waals surface area contributed by atoms with Gasteiger partial charge in [0.1, 0.15) is 17.6 Å². The minimum atomic E-state index is -0.602. The minimum absolute atomic E-state index is 0.0140. The second-order valence-corrected chi connectivity index (χ2v) is 6.28. The van der Waals surface area contributed by atoms with Crippen LogP contribution >= 0.6 is 0 Å². The fourth-order valence-electron chi connectivity index (χ4n) is 3.21. The number of benzene rings is 1. The van der Waals surface area contributed by atoms with Crippen molar-refractivity contribution in [1.82, 2.24) is 15.8 Å². The molecule has 1 aliphatic heterocycles. The number of amides is 2. The Bertz CT molecular complexity index is 781. The van der Waals surface area contributed by atoms with Crippen LogP contribution in [0.1, 0.15) is 37.2 Å². The molecule has 2 heterocycles. The molecule has 0 aliphatic carbocycles. The van der Waals surface area contributed by atoms with Crippen LogP contribution in [0.2, 0.25) is 0 Å². The molecule has 132 valence electrons. The Balaban J connectivity index is 1.78. The van der Waals surface area contributed by atoms with Crippen LogP contribution in [0.15, 0.2) is 34.9 Å². The lowest BCUT2D eigenvalue weighted by Gasteiger charge is -2.30. The van der Waals surface area contributed by atoms with E-state index in [2.05, 4.69) is 15.8 Å². The standard InChI is InChI=1S/C18H20FN3O3/c1-3-18(4-2)10-20-17(24)15(18)21-16(23)14-9-13(22-25-14)11-5-7-12(19)8-6-11/h5-9,15H,3-4,10H2,1-2H3,(H,20,24)(H,21,23). The Morgan fingerprint density at radius 3 is 2.68 bits per heavy atom. The zero-order valence-corrected chi connectivity index (χ0v) is 14.1. The first-order valence-electron chi connectivity index (χ1n) is 8.30. The van der Waals surface area contributed by atoms with Crippen LogP contribution in [-0.2, 0) is 4.79 Å². The molecule has 3 rings (SSSR count). The van der Waals surface area contributed by atoms with Gasteiger partial charge >= 0.3 is 0 Å². The molecular formula is C18H20FN3O3. The summed E-state index contributed by atoms with van der Waals surface area (Å²) < 4.78 is 18.1. The van der Waals surface area contributed by atoms with Gasteiger partial charge in [-0.25, -0.2) is 4.39 Å². The summed E-state index contributed by atoms with van der Waals surface area (Å²) in [5, 5.41) is 9.44. The second kappa shape index (κ2) is 6.66. The van der Waals surface area contributed by atoms with Crippen LogP contribution in [0.5, 0.6) is 0 Å². The van der Waals surface area contributed by atoms with Crippen molar-refractivity contribution in [3.8, 4) is 11.3 Å². The molecule has 25 heavy (non-hydrogen) atoms. The van der Waals surface area contributed by atoms with Crippen molar-refractivity contribution in [1.29, 1.82) is 0 Å². The lowest BCUT2D eigenvalue weighted by molar-refractivity contribution is -0.121. The van der Waals surface area contributed by atoms with Gasteiger partial charge in [-0.05, 0) is 37.1 Å². The Kier molecular flexibility index (Phi) is 4.57. The van der Waals surface area contributed by atoms with Gasteiger partial charge in [-0.1, -0.05) is 19.0 Å². The third-order valence-electron chi connectivity index (χ3n) is 5.05. The number of hydrogen-bond donors (Lipinski definition) is 2. The summed E-state index contributed by atoms with van der Waals surface area (Å²) in [6.07, 6.45) is 1.54. The molecule has 0 spiro atoms. The SMILES string of the molecule is CCC1(CC)CNC(=O)C1NC(=O)c1cc(-c2ccc(F)cc2)no1. The van der Waals surface area contributed by atoms with E-state index < -0.39 is 11.9 Å². The lowest BCUT2D eigenvalue weighted by atomic mass is 9.77. The number of hydrogen-bond acceptors (Lipinski definition) is 4. The molecule has 0 bridgehead atoms. The normalized spacial score (nSPS) is 18.8. The Morgan fingerprint density at radius 2 is 2.04 bits per heavy atom. The highest BCUT2D eigenvalue weighted by atomic mass is 19.1. The first kappa shape index (κ1) is 17.1. The van der Waals surface area contributed by atoms with Gasteiger partial charge in [-0.2, -0.15) is 0 Å². The van der Waals surface area contributed by atoms with Crippen molar-refractivity contribution in [2.45, 2.75) is 32.7 Å². The molecule has 1 aromatic carbocycles. The number of carbonyl (C=O) groups is 2. The van der Waals surface area contributed by atoms with Gasteiger partial charge in [0, 0.05) is 23.6 Å². The molecule has 1 aromatic heterocycles. The van der Waals surface area contributed by atoms with E-state index in [-0.39, 0.29) is 22.9 Å². The second-order valence-electron chi connectivity index (χ2n) is 6.28. The van der Waals surface area contributed by atoms with Crippen molar-refractivity contribution >= 4 is 11.8 Å². The molecule has 2 amide bonds. The van der Waals surface area contributed by atoms with E-state index in [1.807, 2.05) is 13.8 Å². The molecule has 1 saturated heterocycles. The summed E-state index contributed by atoms with van der Waals surface area (Å²) in [6, 6.07) is 6.60. The van der Waals surface area contributed by atoms with Crippen molar-refractivity contribution in [2.24, 2.45) is 5.41 Å². The number of rotatable bonds is 5. The molecule has 1 aliphatic rings. The highest BCUT2D eigenvalue weighted by Crippen LogP contribution is 2.34. The third kappa shape index (κ3) is 3.14.